The van der Waals surface area contributed by atoms with Crippen molar-refractivity contribution in [2.75, 3.05) is 0 Å². The minimum absolute atomic E-state index is 0.174. The van der Waals surface area contributed by atoms with Gasteiger partial charge in [0.1, 0.15) is 6.10 Å². The molecule has 0 bridgehead atoms. The molecule has 0 aliphatic rings. The lowest BCUT2D eigenvalue weighted by Gasteiger charge is -2.20. The zero-order valence-corrected chi connectivity index (χ0v) is 8.85. The van der Waals surface area contributed by atoms with Crippen molar-refractivity contribution in [3.63, 3.8) is 0 Å². The van der Waals surface area contributed by atoms with Crippen LogP contribution in [0.3, 0.4) is 0 Å². The maximum atomic E-state index is 8.67. The van der Waals surface area contributed by atoms with Crippen LogP contribution in [-0.4, -0.2) is 14.4 Å². The predicted molar refractivity (Wildman–Crippen MR) is 48.7 cm³/mol. The summed E-state index contributed by atoms with van der Waals surface area (Å²) >= 11 is 0. The molecule has 0 saturated heterocycles. The normalized spacial score (nSPS) is 14.1. The summed E-state index contributed by atoms with van der Waals surface area (Å²) < 4.78 is 5.61. The number of hydrogen-bond donors (Lipinski definition) is 0. The smallest absolute Gasteiger partial charge is 0.185 e. The first-order chi connectivity index (χ1) is 4.99. The number of rotatable bonds is 4. The molecule has 0 aromatic rings. The molecule has 0 aromatic carbocycles. The fourth-order valence-corrected chi connectivity index (χ4v) is 1.86. The third-order valence-electron chi connectivity index (χ3n) is 1.19. The van der Waals surface area contributed by atoms with Crippen LogP contribution in [0.4, 0.5) is 0 Å². The van der Waals surface area contributed by atoms with Crippen molar-refractivity contribution < 1.29 is 4.43 Å². The summed E-state index contributed by atoms with van der Waals surface area (Å²) in [6, 6.07) is 2.17. The summed E-state index contributed by atoms with van der Waals surface area (Å²) in [5, 5.41) is 8.67. The van der Waals surface area contributed by atoms with Gasteiger partial charge in [-0.15, -0.1) is 0 Å². The van der Waals surface area contributed by atoms with Crippen LogP contribution in [0.5, 0.6) is 0 Å². The molecule has 0 spiro atoms. The minimum Gasteiger partial charge on any atom is -0.402 e. The van der Waals surface area contributed by atoms with Crippen molar-refractivity contribution in [3.05, 3.63) is 0 Å². The Morgan fingerprint density at radius 2 is 2.00 bits per heavy atom. The first-order valence-electron chi connectivity index (χ1n) is 4.07. The van der Waals surface area contributed by atoms with Gasteiger partial charge in [0.2, 0.25) is 0 Å². The number of nitrogens with zero attached hydrogens (tertiary/aromatic N) is 1. The van der Waals surface area contributed by atoms with Crippen LogP contribution in [0.15, 0.2) is 0 Å². The van der Waals surface area contributed by atoms with Crippen molar-refractivity contribution in [1.82, 2.24) is 0 Å². The molecule has 0 amide bonds. The highest BCUT2D eigenvalue weighted by Gasteiger charge is 2.19. The minimum atomic E-state index is -1.50. The van der Waals surface area contributed by atoms with E-state index in [1.54, 1.807) is 0 Å². The second kappa shape index (κ2) is 4.53. The molecule has 0 fully saturated rings. The summed E-state index contributed by atoms with van der Waals surface area (Å²) in [4.78, 5) is 0. The van der Waals surface area contributed by atoms with Crippen LogP contribution in [0.2, 0.25) is 19.6 Å². The Labute approximate surface area is 70.3 Å². The number of hydrogen-bond acceptors (Lipinski definition) is 2. The first-order valence-corrected chi connectivity index (χ1v) is 7.48. The molecule has 1 atom stereocenters. The van der Waals surface area contributed by atoms with Gasteiger partial charge in [-0.2, -0.15) is 5.26 Å². The van der Waals surface area contributed by atoms with Gasteiger partial charge in [-0.1, -0.05) is 13.3 Å². The van der Waals surface area contributed by atoms with Gasteiger partial charge in [0.25, 0.3) is 0 Å². The van der Waals surface area contributed by atoms with Crippen molar-refractivity contribution >= 4 is 8.32 Å². The van der Waals surface area contributed by atoms with E-state index in [4.69, 9.17) is 9.69 Å². The van der Waals surface area contributed by atoms with E-state index >= 15 is 0 Å². The van der Waals surface area contributed by atoms with Gasteiger partial charge in [-0.05, 0) is 26.1 Å². The highest BCUT2D eigenvalue weighted by atomic mass is 28.4. The maximum absolute atomic E-state index is 8.67. The van der Waals surface area contributed by atoms with Gasteiger partial charge < -0.3 is 4.43 Å². The summed E-state index contributed by atoms with van der Waals surface area (Å²) in [6.07, 6.45) is 1.70. The fourth-order valence-electron chi connectivity index (χ4n) is 0.839. The Morgan fingerprint density at radius 1 is 1.45 bits per heavy atom. The average molecular weight is 171 g/mol. The van der Waals surface area contributed by atoms with Gasteiger partial charge >= 0.3 is 0 Å². The SMILES string of the molecule is CCC[C@@H](C#N)O[Si](C)(C)C. The van der Waals surface area contributed by atoms with Crippen LogP contribution in [0.25, 0.3) is 0 Å². The zero-order valence-electron chi connectivity index (χ0n) is 7.85. The zero-order chi connectivity index (χ0) is 8.91. The van der Waals surface area contributed by atoms with Crippen LogP contribution in [0, 0.1) is 11.3 Å². The molecule has 0 N–H and O–H groups in total. The summed E-state index contributed by atoms with van der Waals surface area (Å²) in [5.41, 5.74) is 0. The Morgan fingerprint density at radius 3 is 2.27 bits per heavy atom. The van der Waals surface area contributed by atoms with E-state index in [-0.39, 0.29) is 6.10 Å². The van der Waals surface area contributed by atoms with E-state index in [1.165, 1.54) is 0 Å². The lowest BCUT2D eigenvalue weighted by Crippen LogP contribution is -2.31. The third-order valence-corrected chi connectivity index (χ3v) is 2.18. The lowest BCUT2D eigenvalue weighted by atomic mass is 10.2. The van der Waals surface area contributed by atoms with Crippen LogP contribution < -0.4 is 0 Å². The van der Waals surface area contributed by atoms with Crippen molar-refractivity contribution in [2.45, 2.75) is 45.5 Å². The lowest BCUT2D eigenvalue weighted by molar-refractivity contribution is 0.237. The van der Waals surface area contributed by atoms with E-state index < -0.39 is 8.32 Å². The molecule has 2 nitrogen and oxygen atoms in total. The molecule has 0 aromatic heterocycles. The first kappa shape index (κ1) is 10.7. The van der Waals surface area contributed by atoms with Gasteiger partial charge in [0, 0.05) is 0 Å². The molecular weight excluding hydrogens is 154 g/mol. The van der Waals surface area contributed by atoms with Crippen LogP contribution >= 0.6 is 0 Å². The topological polar surface area (TPSA) is 33.0 Å². The summed E-state index contributed by atoms with van der Waals surface area (Å²) in [7, 11) is -1.50. The van der Waals surface area contributed by atoms with Gasteiger partial charge in [0.15, 0.2) is 8.32 Å². The molecule has 0 saturated carbocycles. The van der Waals surface area contributed by atoms with E-state index in [0.29, 0.717) is 0 Å². The highest BCUT2D eigenvalue weighted by Crippen LogP contribution is 2.10. The standard InChI is InChI=1S/C8H17NOSi/c1-5-6-8(7-9)10-11(2,3)4/h8H,5-6H2,1-4H3/t8-/m0/s1. The molecular formula is C8H17NOSi. The van der Waals surface area contributed by atoms with Crippen molar-refractivity contribution in [3.8, 4) is 6.07 Å². The predicted octanol–water partition coefficient (Wildman–Crippen LogP) is 2.53. The van der Waals surface area contributed by atoms with Gasteiger partial charge in [0.05, 0.1) is 6.07 Å². The van der Waals surface area contributed by atoms with Crippen LogP contribution in [0.1, 0.15) is 19.8 Å². The Hall–Kier alpha value is -0.333. The van der Waals surface area contributed by atoms with Crippen molar-refractivity contribution in [1.29, 1.82) is 5.26 Å². The van der Waals surface area contributed by atoms with E-state index in [1.807, 2.05) is 0 Å². The largest absolute Gasteiger partial charge is 0.402 e. The molecule has 0 aliphatic carbocycles. The molecule has 3 heteroatoms. The monoisotopic (exact) mass is 171 g/mol. The molecule has 64 valence electrons. The quantitative estimate of drug-likeness (QED) is 0.609. The van der Waals surface area contributed by atoms with E-state index in [2.05, 4.69) is 32.6 Å². The number of nitriles is 1. The molecule has 0 radical (unpaired) electrons. The molecule has 0 aliphatic heterocycles. The highest BCUT2D eigenvalue weighted by molar-refractivity contribution is 6.69. The van der Waals surface area contributed by atoms with Crippen LogP contribution in [-0.2, 0) is 4.43 Å². The Balaban J connectivity index is 3.81. The van der Waals surface area contributed by atoms with Gasteiger partial charge in [-0.25, -0.2) is 0 Å². The third kappa shape index (κ3) is 6.08. The summed E-state index contributed by atoms with van der Waals surface area (Å²) in [5.74, 6) is 0. The second-order valence-electron chi connectivity index (χ2n) is 3.64. The summed E-state index contributed by atoms with van der Waals surface area (Å²) in [6.45, 7) is 8.38. The van der Waals surface area contributed by atoms with Crippen molar-refractivity contribution in [2.24, 2.45) is 0 Å². The van der Waals surface area contributed by atoms with E-state index in [9.17, 15) is 0 Å². The average Bonchev–Trinajstić information content (AvgIpc) is 1.84. The maximum Gasteiger partial charge on any atom is 0.185 e. The molecule has 0 unspecified atom stereocenters. The fraction of sp³-hybridized carbons (Fsp3) is 0.875. The molecule has 11 heavy (non-hydrogen) atoms. The second-order valence-corrected chi connectivity index (χ2v) is 8.10. The Kier molecular flexibility index (Phi) is 4.39. The Bertz CT molecular complexity index is 145. The molecule has 0 rings (SSSR count). The van der Waals surface area contributed by atoms with E-state index in [0.717, 1.165) is 12.8 Å². The van der Waals surface area contributed by atoms with Gasteiger partial charge in [-0.3, -0.25) is 0 Å². The molecule has 0 heterocycles.